The Kier molecular flexibility index (Phi) is 3.05. The lowest BCUT2D eigenvalue weighted by Crippen LogP contribution is -1.88. The summed E-state index contributed by atoms with van der Waals surface area (Å²) in [6.45, 7) is 0. The van der Waals surface area contributed by atoms with Crippen LogP contribution in [0.15, 0.2) is 42.5 Å². The molecule has 2 aromatic rings. The van der Waals surface area contributed by atoms with Crippen LogP contribution in [0, 0.1) is 16.2 Å². The number of nitro benzene ring substituents is 1. The predicted octanol–water partition coefficient (Wildman–Crippen LogP) is 3.07. The number of non-ortho nitro benzene ring substituents is 1. The molecule has 85 valence electrons. The molecule has 0 saturated heterocycles. The van der Waals surface area contributed by atoms with Crippen molar-refractivity contribution in [2.75, 3.05) is 7.11 Å². The second kappa shape index (κ2) is 4.65. The van der Waals surface area contributed by atoms with Crippen LogP contribution >= 0.6 is 0 Å². The first kappa shape index (κ1) is 11.1. The van der Waals surface area contributed by atoms with Crippen molar-refractivity contribution in [2.45, 2.75) is 0 Å². The van der Waals surface area contributed by atoms with E-state index in [1.807, 2.05) is 24.3 Å². The fraction of sp³-hybridized carbons (Fsp3) is 0.0769. The van der Waals surface area contributed by atoms with Crippen LogP contribution in [0.25, 0.3) is 11.1 Å². The van der Waals surface area contributed by atoms with Gasteiger partial charge in [-0.05, 0) is 35.4 Å². The molecule has 0 amide bonds. The van der Waals surface area contributed by atoms with E-state index in [1.54, 1.807) is 13.2 Å². The Morgan fingerprint density at radius 3 is 2.53 bits per heavy atom. The number of rotatable bonds is 3. The van der Waals surface area contributed by atoms with Crippen LogP contribution in [0.1, 0.15) is 0 Å². The summed E-state index contributed by atoms with van der Waals surface area (Å²) in [4.78, 5) is 10.2. The van der Waals surface area contributed by atoms with Crippen LogP contribution in [-0.4, -0.2) is 12.0 Å². The van der Waals surface area contributed by atoms with E-state index in [0.29, 0.717) is 5.56 Å². The van der Waals surface area contributed by atoms with Gasteiger partial charge in [0, 0.05) is 12.1 Å². The van der Waals surface area contributed by atoms with Crippen molar-refractivity contribution in [3.05, 3.63) is 58.6 Å². The van der Waals surface area contributed by atoms with Gasteiger partial charge < -0.3 is 4.74 Å². The maximum atomic E-state index is 10.7. The minimum Gasteiger partial charge on any atom is -0.497 e. The molecule has 17 heavy (non-hydrogen) atoms. The molecule has 4 heteroatoms. The topological polar surface area (TPSA) is 52.4 Å². The lowest BCUT2D eigenvalue weighted by molar-refractivity contribution is -0.384. The van der Waals surface area contributed by atoms with Gasteiger partial charge in [0.15, 0.2) is 0 Å². The van der Waals surface area contributed by atoms with Crippen molar-refractivity contribution in [1.82, 2.24) is 0 Å². The maximum Gasteiger partial charge on any atom is 0.270 e. The average Bonchev–Trinajstić information content (AvgIpc) is 2.39. The van der Waals surface area contributed by atoms with Crippen molar-refractivity contribution in [1.29, 1.82) is 0 Å². The van der Waals surface area contributed by atoms with Crippen LogP contribution in [0.2, 0.25) is 0 Å². The van der Waals surface area contributed by atoms with Crippen molar-refractivity contribution >= 4 is 5.69 Å². The molecule has 0 atom stereocenters. The summed E-state index contributed by atoms with van der Waals surface area (Å²) in [7, 11) is 1.59. The summed E-state index contributed by atoms with van der Waals surface area (Å²) < 4.78 is 5.05. The van der Waals surface area contributed by atoms with Gasteiger partial charge in [-0.1, -0.05) is 12.1 Å². The number of benzene rings is 2. The van der Waals surface area contributed by atoms with Crippen molar-refractivity contribution in [2.24, 2.45) is 0 Å². The van der Waals surface area contributed by atoms with E-state index in [4.69, 9.17) is 4.74 Å². The second-order valence-electron chi connectivity index (χ2n) is 3.45. The zero-order valence-electron chi connectivity index (χ0n) is 9.21. The number of nitrogens with zero attached hydrogens (tertiary/aromatic N) is 1. The molecule has 0 bridgehead atoms. The van der Waals surface area contributed by atoms with Crippen molar-refractivity contribution in [3.8, 4) is 16.9 Å². The Morgan fingerprint density at radius 2 is 1.94 bits per heavy atom. The zero-order chi connectivity index (χ0) is 12.3. The summed E-state index contributed by atoms with van der Waals surface area (Å²) in [6, 6.07) is 14.7. The summed E-state index contributed by atoms with van der Waals surface area (Å²) in [5, 5.41) is 10.7. The summed E-state index contributed by atoms with van der Waals surface area (Å²) in [5.74, 6) is 0.749. The average molecular weight is 228 g/mol. The first-order chi connectivity index (χ1) is 8.20. The van der Waals surface area contributed by atoms with E-state index < -0.39 is 4.92 Å². The number of hydrogen-bond acceptors (Lipinski definition) is 3. The SMILES string of the molecule is COc1ccc(-c2[c]ccc([N+](=O)[O-])c2)cc1. The Morgan fingerprint density at radius 1 is 1.24 bits per heavy atom. The molecule has 0 saturated carbocycles. The number of ether oxygens (including phenoxy) is 1. The predicted molar refractivity (Wildman–Crippen MR) is 63.9 cm³/mol. The van der Waals surface area contributed by atoms with E-state index in [-0.39, 0.29) is 5.69 Å². The number of hydrogen-bond donors (Lipinski definition) is 0. The first-order valence-electron chi connectivity index (χ1n) is 5.01. The minimum atomic E-state index is -0.416. The molecule has 0 aliphatic carbocycles. The van der Waals surface area contributed by atoms with Gasteiger partial charge in [0.2, 0.25) is 0 Å². The Bertz CT molecular complexity index is 535. The normalized spacial score (nSPS) is 9.94. The summed E-state index contributed by atoms with van der Waals surface area (Å²) in [5.41, 5.74) is 1.63. The molecular formula is C13H10NO3. The number of methoxy groups -OCH3 is 1. The lowest BCUT2D eigenvalue weighted by atomic mass is 10.1. The van der Waals surface area contributed by atoms with Crippen LogP contribution in [0.3, 0.4) is 0 Å². The maximum absolute atomic E-state index is 10.7. The molecule has 0 heterocycles. The molecule has 4 nitrogen and oxygen atoms in total. The van der Waals surface area contributed by atoms with Crippen molar-refractivity contribution < 1.29 is 9.66 Å². The van der Waals surface area contributed by atoms with Crippen LogP contribution in [0.4, 0.5) is 5.69 Å². The Labute approximate surface area is 98.6 Å². The third-order valence-corrected chi connectivity index (χ3v) is 2.40. The number of nitro groups is 1. The fourth-order valence-electron chi connectivity index (χ4n) is 1.51. The van der Waals surface area contributed by atoms with Gasteiger partial charge in [0.05, 0.1) is 12.0 Å². The van der Waals surface area contributed by atoms with E-state index >= 15 is 0 Å². The molecule has 1 radical (unpaired) electrons. The molecule has 2 rings (SSSR count). The van der Waals surface area contributed by atoms with E-state index in [9.17, 15) is 10.1 Å². The fourth-order valence-corrected chi connectivity index (χ4v) is 1.51. The molecule has 0 aliphatic rings. The Hall–Kier alpha value is -2.36. The molecule has 2 aromatic carbocycles. The molecular weight excluding hydrogens is 218 g/mol. The Balaban J connectivity index is 2.38. The smallest absolute Gasteiger partial charge is 0.270 e. The zero-order valence-corrected chi connectivity index (χ0v) is 9.21. The monoisotopic (exact) mass is 228 g/mol. The molecule has 0 N–H and O–H groups in total. The van der Waals surface area contributed by atoms with Gasteiger partial charge in [-0.25, -0.2) is 0 Å². The molecule has 0 aliphatic heterocycles. The minimum absolute atomic E-state index is 0.0644. The highest BCUT2D eigenvalue weighted by Crippen LogP contribution is 2.24. The highest BCUT2D eigenvalue weighted by molar-refractivity contribution is 5.66. The molecule has 0 spiro atoms. The summed E-state index contributed by atoms with van der Waals surface area (Å²) >= 11 is 0. The highest BCUT2D eigenvalue weighted by atomic mass is 16.6. The highest BCUT2D eigenvalue weighted by Gasteiger charge is 2.07. The van der Waals surface area contributed by atoms with Gasteiger partial charge in [-0.2, -0.15) is 0 Å². The van der Waals surface area contributed by atoms with Gasteiger partial charge in [0.1, 0.15) is 5.75 Å². The quantitative estimate of drug-likeness (QED) is 0.599. The molecule has 0 unspecified atom stereocenters. The van der Waals surface area contributed by atoms with Crippen LogP contribution < -0.4 is 4.74 Å². The van der Waals surface area contributed by atoms with Gasteiger partial charge in [0.25, 0.3) is 5.69 Å². The van der Waals surface area contributed by atoms with Crippen molar-refractivity contribution in [3.63, 3.8) is 0 Å². The van der Waals surface area contributed by atoms with Gasteiger partial charge in [-0.15, -0.1) is 0 Å². The largest absolute Gasteiger partial charge is 0.497 e. The lowest BCUT2D eigenvalue weighted by Gasteiger charge is -2.03. The summed E-state index contributed by atoms with van der Waals surface area (Å²) in [6.07, 6.45) is 0. The first-order valence-corrected chi connectivity index (χ1v) is 5.01. The van der Waals surface area contributed by atoms with Gasteiger partial charge >= 0.3 is 0 Å². The van der Waals surface area contributed by atoms with E-state index in [2.05, 4.69) is 6.07 Å². The van der Waals surface area contributed by atoms with Crippen LogP contribution in [0.5, 0.6) is 5.75 Å². The molecule has 0 aromatic heterocycles. The third-order valence-electron chi connectivity index (χ3n) is 2.40. The van der Waals surface area contributed by atoms with E-state index in [1.165, 1.54) is 12.1 Å². The second-order valence-corrected chi connectivity index (χ2v) is 3.45. The van der Waals surface area contributed by atoms with Gasteiger partial charge in [-0.3, -0.25) is 10.1 Å². The molecule has 0 fully saturated rings. The van der Waals surface area contributed by atoms with Crippen LogP contribution in [-0.2, 0) is 0 Å². The third kappa shape index (κ3) is 2.42. The van der Waals surface area contributed by atoms with E-state index in [0.717, 1.165) is 11.3 Å². The standard InChI is InChI=1S/C13H10NO3/c1-17-13-7-5-10(6-8-13)11-3-2-4-12(9-11)14(15)16/h2,4-9H,1H3.